The molecule has 0 bridgehead atoms. The highest BCUT2D eigenvalue weighted by atomic mass is 16.4. The van der Waals surface area contributed by atoms with Crippen molar-refractivity contribution >= 4 is 11.9 Å². The molecule has 0 aliphatic heterocycles. The average Bonchev–Trinajstić information content (AvgIpc) is 2.45. The summed E-state index contributed by atoms with van der Waals surface area (Å²) in [6, 6.07) is 9.96. The van der Waals surface area contributed by atoms with Gasteiger partial charge >= 0.3 is 5.97 Å². The summed E-state index contributed by atoms with van der Waals surface area (Å²) in [6.45, 7) is 2.01. The largest absolute Gasteiger partial charge is 0.545 e. The van der Waals surface area contributed by atoms with Crippen LogP contribution in [0.25, 0.3) is 0 Å². The molecule has 1 rings (SSSR count). The fraction of sp³-hybridized carbons (Fsp3) is 0.286. The Bertz CT molecular complexity index is 430. The first-order chi connectivity index (χ1) is 9.38. The zero-order chi connectivity index (χ0) is 15.5. The normalized spacial score (nSPS) is 12.5. The number of hydrogen-bond acceptors (Lipinski definition) is 4. The van der Waals surface area contributed by atoms with Gasteiger partial charge < -0.3 is 30.9 Å². The molecule has 0 aromatic heterocycles. The molecule has 0 unspecified atom stereocenters. The van der Waals surface area contributed by atoms with Crippen LogP contribution >= 0.6 is 0 Å². The lowest BCUT2D eigenvalue weighted by Gasteiger charge is -2.15. The number of quaternary nitrogens is 1. The van der Waals surface area contributed by atoms with E-state index in [1.165, 1.54) is 0 Å². The molecular weight excluding hydrogens is 278 g/mol. The number of aliphatic carboxylic acids is 2. The number of rotatable bonds is 5. The van der Waals surface area contributed by atoms with Gasteiger partial charge in [-0.25, -0.2) is 4.79 Å². The first kappa shape index (κ1) is 21.1. The van der Waals surface area contributed by atoms with E-state index in [0.717, 1.165) is 5.56 Å². The highest BCUT2D eigenvalue weighted by Crippen LogP contribution is 2.13. The van der Waals surface area contributed by atoms with E-state index < -0.39 is 11.9 Å². The molecule has 0 radical (unpaired) electrons. The molecule has 1 aromatic rings. The number of aliphatic hydroxyl groups excluding tert-OH is 1. The molecule has 0 amide bonds. The van der Waals surface area contributed by atoms with Crippen LogP contribution in [0.4, 0.5) is 0 Å². The van der Waals surface area contributed by atoms with Gasteiger partial charge in [-0.2, -0.15) is 0 Å². The van der Waals surface area contributed by atoms with Gasteiger partial charge in [0.2, 0.25) is 0 Å². The van der Waals surface area contributed by atoms with E-state index in [-0.39, 0.29) is 17.6 Å². The van der Waals surface area contributed by atoms with Gasteiger partial charge in [-0.3, -0.25) is 0 Å². The van der Waals surface area contributed by atoms with Crippen molar-refractivity contribution in [2.45, 2.75) is 19.1 Å². The van der Waals surface area contributed by atoms with Crippen LogP contribution in [0.1, 0.15) is 18.6 Å². The molecule has 7 heteroatoms. The average molecular weight is 299 g/mol. The third kappa shape index (κ3) is 10.3. The van der Waals surface area contributed by atoms with Crippen LogP contribution in [0.15, 0.2) is 42.5 Å². The molecule has 6 N–H and O–H groups in total. The van der Waals surface area contributed by atoms with Gasteiger partial charge in [0, 0.05) is 6.08 Å². The monoisotopic (exact) mass is 299 g/mol. The second kappa shape index (κ2) is 11.6. The summed E-state index contributed by atoms with van der Waals surface area (Å²) >= 11 is 0. The third-order valence-corrected chi connectivity index (χ3v) is 2.53. The molecule has 0 spiro atoms. The minimum Gasteiger partial charge on any atom is -0.545 e. The quantitative estimate of drug-likeness (QED) is 0.531. The summed E-state index contributed by atoms with van der Waals surface area (Å²) in [5, 5.41) is 29.0. The number of carbonyl (C=O) groups excluding carboxylic acids is 1. The van der Waals surface area contributed by atoms with Crippen molar-refractivity contribution in [2.75, 3.05) is 7.05 Å². The van der Waals surface area contributed by atoms with E-state index in [9.17, 15) is 19.8 Å². The lowest BCUT2D eigenvalue weighted by molar-refractivity contribution is -0.669. The standard InChI is InChI=1S/C10H15NO.C4H4O4.H2O/c1-8(11-2)10(12)9-6-4-3-5-7-9;5-3(6)1-2-4(7)8;/h3-8,10-12H,1-2H3;1-2H,(H,5,6)(H,7,8);1H2/b;2-1-;/t8-,10-;;/m0../s1. The molecule has 0 aliphatic carbocycles. The Hall–Kier alpha value is -2.22. The maximum atomic E-state index is 9.76. The minimum absolute atomic E-state index is 0. The number of carboxylic acids is 2. The van der Waals surface area contributed by atoms with Crippen LogP contribution in [-0.4, -0.2) is 40.7 Å². The Morgan fingerprint density at radius 1 is 1.24 bits per heavy atom. The first-order valence-electron chi connectivity index (χ1n) is 6.03. The smallest absolute Gasteiger partial charge is 0.328 e. The Labute approximate surface area is 122 Å². The maximum Gasteiger partial charge on any atom is 0.328 e. The molecule has 118 valence electrons. The van der Waals surface area contributed by atoms with Gasteiger partial charge in [0.05, 0.1) is 13.0 Å². The predicted molar refractivity (Wildman–Crippen MR) is 74.1 cm³/mol. The molecule has 7 nitrogen and oxygen atoms in total. The van der Waals surface area contributed by atoms with Crippen LogP contribution in [0, 0.1) is 0 Å². The Balaban J connectivity index is 0. The minimum atomic E-state index is -1.51. The summed E-state index contributed by atoms with van der Waals surface area (Å²) in [5.41, 5.74) is 0.989. The lowest BCUT2D eigenvalue weighted by Crippen LogP contribution is -2.86. The molecule has 0 aliphatic rings. The molecule has 2 atom stereocenters. The first-order valence-corrected chi connectivity index (χ1v) is 6.03. The van der Waals surface area contributed by atoms with Crippen molar-refractivity contribution in [3.8, 4) is 0 Å². The second-order valence-corrected chi connectivity index (χ2v) is 4.04. The number of carboxylic acid groups (broad SMARTS) is 2. The molecule has 0 heterocycles. The number of likely N-dealkylation sites (N-methyl/N-ethyl adjacent to an activating group) is 1. The van der Waals surface area contributed by atoms with Crippen molar-refractivity contribution in [1.29, 1.82) is 0 Å². The van der Waals surface area contributed by atoms with E-state index in [2.05, 4.69) is 0 Å². The SMILES string of the molecule is C[NH2+][C@@H](C)[C@H](O)c1ccccc1.O.O=C([O-])/C=C\C(=O)O. The zero-order valence-corrected chi connectivity index (χ0v) is 11.9. The summed E-state index contributed by atoms with van der Waals surface area (Å²) in [7, 11) is 1.97. The topological polar surface area (TPSA) is 146 Å². The van der Waals surface area contributed by atoms with Crippen molar-refractivity contribution in [1.82, 2.24) is 0 Å². The summed E-state index contributed by atoms with van der Waals surface area (Å²) in [5.74, 6) is -2.80. The van der Waals surface area contributed by atoms with Crippen LogP contribution in [0.2, 0.25) is 0 Å². The van der Waals surface area contributed by atoms with Crippen LogP contribution in [0.5, 0.6) is 0 Å². The van der Waals surface area contributed by atoms with Crippen molar-refractivity contribution < 1.29 is 35.7 Å². The van der Waals surface area contributed by atoms with Crippen molar-refractivity contribution in [3.05, 3.63) is 48.0 Å². The van der Waals surface area contributed by atoms with E-state index in [4.69, 9.17) is 5.11 Å². The van der Waals surface area contributed by atoms with E-state index in [1.807, 2.05) is 49.6 Å². The van der Waals surface area contributed by atoms with Crippen molar-refractivity contribution in [3.63, 3.8) is 0 Å². The van der Waals surface area contributed by atoms with Gasteiger partial charge in [0.25, 0.3) is 0 Å². The van der Waals surface area contributed by atoms with Gasteiger partial charge in [-0.05, 0) is 18.6 Å². The van der Waals surface area contributed by atoms with E-state index >= 15 is 0 Å². The van der Waals surface area contributed by atoms with Crippen LogP contribution < -0.4 is 10.4 Å². The highest BCUT2D eigenvalue weighted by molar-refractivity contribution is 5.88. The highest BCUT2D eigenvalue weighted by Gasteiger charge is 2.16. The van der Waals surface area contributed by atoms with E-state index in [1.54, 1.807) is 0 Å². The van der Waals surface area contributed by atoms with E-state index in [0.29, 0.717) is 12.2 Å². The number of benzene rings is 1. The fourth-order valence-corrected chi connectivity index (χ4v) is 1.28. The molecule has 1 aromatic carbocycles. The molecule has 0 saturated heterocycles. The van der Waals surface area contributed by atoms with Crippen LogP contribution in [0.3, 0.4) is 0 Å². The maximum absolute atomic E-state index is 9.76. The molecule has 0 saturated carbocycles. The number of hydrogen-bond donors (Lipinski definition) is 3. The predicted octanol–water partition coefficient (Wildman–Crippen LogP) is -2.15. The summed E-state index contributed by atoms with van der Waals surface area (Å²) in [6.07, 6.45) is 0.577. The van der Waals surface area contributed by atoms with Crippen molar-refractivity contribution in [2.24, 2.45) is 0 Å². The van der Waals surface area contributed by atoms with Gasteiger partial charge in [-0.1, -0.05) is 30.3 Å². The number of aliphatic hydroxyl groups is 1. The number of carbonyl (C=O) groups is 2. The summed E-state index contributed by atoms with van der Waals surface area (Å²) in [4.78, 5) is 19.0. The van der Waals surface area contributed by atoms with Gasteiger partial charge in [-0.15, -0.1) is 0 Å². The third-order valence-electron chi connectivity index (χ3n) is 2.53. The molecular formula is C14H21NO6. The van der Waals surface area contributed by atoms with Gasteiger partial charge in [0.1, 0.15) is 12.1 Å². The fourth-order valence-electron chi connectivity index (χ4n) is 1.28. The Morgan fingerprint density at radius 2 is 1.76 bits per heavy atom. The second-order valence-electron chi connectivity index (χ2n) is 4.04. The molecule has 0 fully saturated rings. The number of nitrogens with two attached hydrogens (primary N) is 1. The Morgan fingerprint density at radius 3 is 2.10 bits per heavy atom. The Kier molecular flexibility index (Phi) is 11.6. The molecule has 21 heavy (non-hydrogen) atoms. The summed E-state index contributed by atoms with van der Waals surface area (Å²) < 4.78 is 0. The van der Waals surface area contributed by atoms with Crippen LogP contribution in [-0.2, 0) is 9.59 Å². The lowest BCUT2D eigenvalue weighted by atomic mass is 10.0. The zero-order valence-electron chi connectivity index (χ0n) is 11.9. The van der Waals surface area contributed by atoms with Gasteiger partial charge in [0.15, 0.2) is 0 Å².